The number of anilines is 1. The number of rotatable bonds is 7. The Morgan fingerprint density at radius 3 is 2.31 bits per heavy atom. The van der Waals surface area contributed by atoms with Crippen molar-refractivity contribution in [2.75, 3.05) is 19.5 Å². The van der Waals surface area contributed by atoms with Crippen LogP contribution < -0.4 is 14.8 Å². The second-order valence-corrected chi connectivity index (χ2v) is 8.48. The molecule has 0 saturated carbocycles. The molecule has 6 heteroatoms. The molecule has 162 valence electrons. The molecular weight excluding hydrogens is 420 g/mol. The number of amides is 1. The van der Waals surface area contributed by atoms with E-state index in [1.807, 2.05) is 54.6 Å². The minimum Gasteiger partial charge on any atom is -0.493 e. The van der Waals surface area contributed by atoms with Gasteiger partial charge in [-0.1, -0.05) is 48.5 Å². The zero-order chi connectivity index (χ0) is 22.5. The van der Waals surface area contributed by atoms with Gasteiger partial charge in [-0.25, -0.2) is 4.98 Å². The van der Waals surface area contributed by atoms with Gasteiger partial charge in [-0.15, -0.1) is 11.3 Å². The number of methoxy groups -OCH3 is 2. The van der Waals surface area contributed by atoms with E-state index in [0.717, 1.165) is 38.0 Å². The van der Waals surface area contributed by atoms with Crippen LogP contribution in [0.3, 0.4) is 0 Å². The van der Waals surface area contributed by atoms with Gasteiger partial charge in [0.25, 0.3) is 0 Å². The molecule has 0 bridgehead atoms. The van der Waals surface area contributed by atoms with Crippen LogP contribution in [0.25, 0.3) is 21.8 Å². The number of thiazole rings is 1. The van der Waals surface area contributed by atoms with E-state index in [9.17, 15) is 4.79 Å². The number of nitrogens with zero attached hydrogens (tertiary/aromatic N) is 1. The molecule has 5 nitrogen and oxygen atoms in total. The number of carbonyl (C=O) groups excluding carboxylic acids is 1. The second kappa shape index (κ2) is 9.66. The average molecular weight is 445 g/mol. The number of aryl methyl sites for hydroxylation is 1. The molecule has 0 aliphatic carbocycles. The molecule has 1 aromatic heterocycles. The molecule has 32 heavy (non-hydrogen) atoms. The van der Waals surface area contributed by atoms with E-state index in [1.165, 1.54) is 0 Å². The molecule has 0 atom stereocenters. The van der Waals surface area contributed by atoms with Gasteiger partial charge in [-0.2, -0.15) is 0 Å². The van der Waals surface area contributed by atoms with Crippen LogP contribution in [0.2, 0.25) is 0 Å². The van der Waals surface area contributed by atoms with E-state index in [0.29, 0.717) is 11.5 Å². The fraction of sp³-hybridized carbons (Fsp3) is 0.154. The first kappa shape index (κ1) is 21.6. The Morgan fingerprint density at radius 1 is 0.906 bits per heavy atom. The number of hydrogen-bond donors (Lipinski definition) is 1. The van der Waals surface area contributed by atoms with Crippen molar-refractivity contribution >= 4 is 22.9 Å². The summed E-state index contributed by atoms with van der Waals surface area (Å²) in [6, 6.07) is 23.4. The quantitative estimate of drug-likeness (QED) is 0.381. The molecule has 0 fully saturated rings. The van der Waals surface area contributed by atoms with E-state index in [1.54, 1.807) is 31.6 Å². The minimum absolute atomic E-state index is 0.0961. The third-order valence-corrected chi connectivity index (χ3v) is 6.09. The van der Waals surface area contributed by atoms with Crippen LogP contribution in [-0.2, 0) is 11.2 Å². The van der Waals surface area contributed by atoms with Crippen LogP contribution >= 0.6 is 11.3 Å². The van der Waals surface area contributed by atoms with Crippen LogP contribution in [0, 0.1) is 6.92 Å². The number of aromatic nitrogens is 1. The predicted molar refractivity (Wildman–Crippen MR) is 130 cm³/mol. The van der Waals surface area contributed by atoms with E-state index in [2.05, 4.69) is 24.4 Å². The third-order valence-electron chi connectivity index (χ3n) is 5.07. The molecule has 0 aliphatic heterocycles. The summed E-state index contributed by atoms with van der Waals surface area (Å²) in [4.78, 5) is 18.5. The summed E-state index contributed by atoms with van der Waals surface area (Å²) in [7, 11) is 3.17. The van der Waals surface area contributed by atoms with Gasteiger partial charge in [0.05, 0.1) is 26.3 Å². The normalized spacial score (nSPS) is 10.6. The Bertz CT molecular complexity index is 1220. The number of ether oxygens (including phenoxy) is 2. The highest BCUT2D eigenvalue weighted by atomic mass is 32.1. The van der Waals surface area contributed by atoms with Crippen molar-refractivity contribution in [3.05, 3.63) is 83.2 Å². The summed E-state index contributed by atoms with van der Waals surface area (Å²) in [5, 5.41) is 3.96. The summed E-state index contributed by atoms with van der Waals surface area (Å²) in [6.07, 6.45) is 0.244. The summed E-state index contributed by atoms with van der Waals surface area (Å²) in [6.45, 7) is 2.08. The molecule has 0 radical (unpaired) electrons. The summed E-state index contributed by atoms with van der Waals surface area (Å²) >= 11 is 1.68. The van der Waals surface area contributed by atoms with E-state index in [-0.39, 0.29) is 12.3 Å². The molecule has 4 aromatic rings. The topological polar surface area (TPSA) is 60.5 Å². The fourth-order valence-electron chi connectivity index (χ4n) is 3.46. The Labute approximate surface area is 191 Å². The molecule has 0 spiro atoms. The van der Waals surface area contributed by atoms with Crippen LogP contribution in [0.4, 0.5) is 5.69 Å². The van der Waals surface area contributed by atoms with E-state index >= 15 is 0 Å². The minimum atomic E-state index is -0.0961. The first-order valence-electron chi connectivity index (χ1n) is 10.2. The number of benzene rings is 3. The lowest BCUT2D eigenvalue weighted by molar-refractivity contribution is -0.115. The van der Waals surface area contributed by atoms with Crippen LogP contribution in [0.15, 0.2) is 72.8 Å². The molecule has 1 N–H and O–H groups in total. The van der Waals surface area contributed by atoms with Gasteiger partial charge in [-0.05, 0) is 36.8 Å². The molecule has 0 saturated heterocycles. The highest BCUT2D eigenvalue weighted by molar-refractivity contribution is 7.15. The van der Waals surface area contributed by atoms with Crippen molar-refractivity contribution in [1.29, 1.82) is 0 Å². The second-order valence-electron chi connectivity index (χ2n) is 7.28. The molecule has 1 heterocycles. The van der Waals surface area contributed by atoms with Crippen molar-refractivity contribution in [2.24, 2.45) is 0 Å². The van der Waals surface area contributed by atoms with Crippen LogP contribution in [0.5, 0.6) is 11.5 Å². The maximum Gasteiger partial charge on any atom is 0.228 e. The lowest BCUT2D eigenvalue weighted by atomic mass is 10.1. The molecule has 1 amide bonds. The Kier molecular flexibility index (Phi) is 6.52. The van der Waals surface area contributed by atoms with Crippen molar-refractivity contribution in [1.82, 2.24) is 4.98 Å². The van der Waals surface area contributed by atoms with Crippen LogP contribution in [-0.4, -0.2) is 25.1 Å². The lowest BCUT2D eigenvalue weighted by Gasteiger charge is -2.10. The molecule has 3 aromatic carbocycles. The fourth-order valence-corrected chi connectivity index (χ4v) is 4.40. The Balaban J connectivity index is 1.44. The Morgan fingerprint density at radius 2 is 1.62 bits per heavy atom. The van der Waals surface area contributed by atoms with Gasteiger partial charge in [0.15, 0.2) is 11.5 Å². The highest BCUT2D eigenvalue weighted by Crippen LogP contribution is 2.33. The predicted octanol–water partition coefficient (Wildman–Crippen LogP) is 5.98. The third kappa shape index (κ3) is 4.81. The van der Waals surface area contributed by atoms with E-state index < -0.39 is 0 Å². The largest absolute Gasteiger partial charge is 0.493 e. The van der Waals surface area contributed by atoms with Crippen molar-refractivity contribution in [3.8, 4) is 33.3 Å². The van der Waals surface area contributed by atoms with Gasteiger partial charge < -0.3 is 14.8 Å². The molecule has 4 rings (SSSR count). The zero-order valence-corrected chi connectivity index (χ0v) is 19.0. The molecule has 0 unspecified atom stereocenters. The van der Waals surface area contributed by atoms with Crippen LogP contribution in [0.1, 0.15) is 10.4 Å². The van der Waals surface area contributed by atoms with E-state index in [4.69, 9.17) is 14.5 Å². The van der Waals surface area contributed by atoms with Gasteiger partial charge in [0, 0.05) is 21.7 Å². The molecule has 0 aliphatic rings. The number of carbonyl (C=O) groups is 1. The first-order chi connectivity index (χ1) is 15.6. The number of nitrogens with one attached hydrogen (secondary N) is 1. The molecular formula is C26H24N2O3S. The average Bonchev–Trinajstić information content (AvgIpc) is 3.21. The van der Waals surface area contributed by atoms with Crippen molar-refractivity contribution < 1.29 is 14.3 Å². The lowest BCUT2D eigenvalue weighted by Crippen LogP contribution is -2.14. The number of hydrogen-bond acceptors (Lipinski definition) is 5. The smallest absolute Gasteiger partial charge is 0.228 e. The monoisotopic (exact) mass is 444 g/mol. The van der Waals surface area contributed by atoms with Gasteiger partial charge in [-0.3, -0.25) is 4.79 Å². The zero-order valence-electron chi connectivity index (χ0n) is 18.2. The Hall–Kier alpha value is -3.64. The highest BCUT2D eigenvalue weighted by Gasteiger charge is 2.12. The summed E-state index contributed by atoms with van der Waals surface area (Å²) < 4.78 is 10.6. The van der Waals surface area contributed by atoms with Gasteiger partial charge >= 0.3 is 0 Å². The SMILES string of the molecule is COc1ccc(CC(=O)Nc2ccc(-c3nc(-c4ccccc4)sc3C)cc2)cc1OC. The summed E-state index contributed by atoms with van der Waals surface area (Å²) in [5.41, 5.74) is 4.71. The maximum absolute atomic E-state index is 12.5. The van der Waals surface area contributed by atoms with Crippen molar-refractivity contribution in [3.63, 3.8) is 0 Å². The summed E-state index contributed by atoms with van der Waals surface area (Å²) in [5.74, 6) is 1.15. The maximum atomic E-state index is 12.5. The first-order valence-corrected chi connectivity index (χ1v) is 11.0. The van der Waals surface area contributed by atoms with Crippen molar-refractivity contribution in [2.45, 2.75) is 13.3 Å². The standard InChI is InChI=1S/C26H24N2O3S/c1-17-25(28-26(32-17)20-7-5-4-6-8-20)19-10-12-21(13-11-19)27-24(29)16-18-9-14-22(30-2)23(15-18)31-3/h4-15H,16H2,1-3H3,(H,27,29). The van der Waals surface area contributed by atoms with Gasteiger partial charge in [0.1, 0.15) is 5.01 Å². The van der Waals surface area contributed by atoms with Gasteiger partial charge in [0.2, 0.25) is 5.91 Å².